The summed E-state index contributed by atoms with van der Waals surface area (Å²) in [7, 11) is 2.15. The summed E-state index contributed by atoms with van der Waals surface area (Å²) < 4.78 is 25.2. The number of hydrogen-bond acceptors (Lipinski definition) is 12. The largest absolute Gasteiger partial charge is 0.454 e. The SMILES string of the molecule is Cc1ccc2c(oc3ccccc32)c1N1C=CN(C(C)C)C1C.Cc1ccc2c(oc3ccccc32)c1N1C=CN(c2ccccc2)C1C.Cc1ccc2c(oc3ccccc32)c1N1c2ccccc2N(C(C)C)C1C.Cc1ccc2c(oc3ccccc32)c1N1c2ccccc2N(C)C1C. The molecule has 4 aromatic heterocycles. The Morgan fingerprint density at radius 2 is 0.624 bits per heavy atom. The second kappa shape index (κ2) is 25.7. The van der Waals surface area contributed by atoms with Crippen molar-refractivity contribution in [1.29, 1.82) is 0 Å². The standard InChI is InChI=1S/C24H24N2O.C23H20N2O.C22H20N2O.C20H22N2O/c1-15(2)25-17(4)26(21-11-7-6-10-20(21)25)23-16(3)13-14-19-18-9-5-8-12-22(18)27-24(19)23;1-16-12-13-20-19-10-6-7-11-21(19)26-23(20)22(16)25-15-14-24(17(25)2)18-8-4-3-5-9-18;1-14-12-13-17-16-8-4-7-11-20(16)25-22(17)21(14)24-15(2)23(3)18-9-5-6-10-19(18)24;1-13(2)21-11-12-22(15(21)4)19-14(3)9-10-17-16-7-5-6-8-18(16)23-20(17)19/h5-15,17H,1-4H3;3-15,17H,1-2H3;4-13,15H,1-3H3;5-13,15H,1-4H3. The first-order valence-electron chi connectivity index (χ1n) is 35.5. The molecule has 4 atom stereocenters. The fourth-order valence-corrected chi connectivity index (χ4v) is 16.1. The Bertz CT molecular complexity index is 5700. The third-order valence-electron chi connectivity index (χ3n) is 21.2. The molecule has 11 aromatic carbocycles. The van der Waals surface area contributed by atoms with Crippen molar-refractivity contribution < 1.29 is 17.7 Å². The summed E-state index contributed by atoms with van der Waals surface area (Å²) in [6, 6.07) is 79.2. The first-order valence-corrected chi connectivity index (χ1v) is 35.5. The smallest absolute Gasteiger partial charge is 0.159 e. The molecule has 4 aliphatic heterocycles. The lowest BCUT2D eigenvalue weighted by Gasteiger charge is -2.33. The second-order valence-electron chi connectivity index (χ2n) is 27.9. The highest BCUT2D eigenvalue weighted by Gasteiger charge is 2.38. The van der Waals surface area contributed by atoms with Crippen LogP contribution in [0.1, 0.15) is 77.6 Å². The summed E-state index contributed by atoms with van der Waals surface area (Å²) >= 11 is 0. The van der Waals surface area contributed by atoms with Gasteiger partial charge in [-0.2, -0.15) is 0 Å². The quantitative estimate of drug-likeness (QED) is 0.152. The molecule has 0 bridgehead atoms. The van der Waals surface area contributed by atoms with E-state index in [-0.39, 0.29) is 24.7 Å². The lowest BCUT2D eigenvalue weighted by Crippen LogP contribution is -2.42. The van der Waals surface area contributed by atoms with E-state index < -0.39 is 0 Å². The Hall–Kier alpha value is -11.5. The van der Waals surface area contributed by atoms with Crippen LogP contribution in [0, 0.1) is 27.7 Å². The molecule has 101 heavy (non-hydrogen) atoms. The zero-order chi connectivity index (χ0) is 69.6. The van der Waals surface area contributed by atoms with Crippen LogP contribution < -0.4 is 34.3 Å². The van der Waals surface area contributed by atoms with Crippen LogP contribution in [0.25, 0.3) is 87.8 Å². The molecule has 8 heterocycles. The third kappa shape index (κ3) is 10.7. The van der Waals surface area contributed by atoms with Gasteiger partial charge in [0, 0.05) is 92.7 Å². The summed E-state index contributed by atoms with van der Waals surface area (Å²) in [5.74, 6) is 0. The van der Waals surface area contributed by atoms with Crippen molar-refractivity contribution >= 4 is 139 Å². The van der Waals surface area contributed by atoms with E-state index in [1.54, 1.807) is 0 Å². The minimum absolute atomic E-state index is 0.176. The first kappa shape index (κ1) is 64.2. The topological polar surface area (TPSA) is 78.5 Å². The lowest BCUT2D eigenvalue weighted by molar-refractivity contribution is 0.263. The molecule has 0 radical (unpaired) electrons. The molecule has 0 spiro atoms. The normalized spacial score (nSPS) is 17.1. The average molecular weight is 1330 g/mol. The third-order valence-corrected chi connectivity index (χ3v) is 21.2. The van der Waals surface area contributed by atoms with Gasteiger partial charge in [-0.3, -0.25) is 0 Å². The molecule has 0 amide bonds. The number of rotatable bonds is 7. The van der Waals surface area contributed by atoms with E-state index in [0.29, 0.717) is 12.1 Å². The van der Waals surface area contributed by atoms with Crippen molar-refractivity contribution in [2.75, 3.05) is 41.3 Å². The molecule has 19 rings (SSSR count). The number of para-hydroxylation sites is 9. The van der Waals surface area contributed by atoms with Crippen LogP contribution in [0.15, 0.2) is 267 Å². The maximum atomic E-state index is 6.38. The van der Waals surface area contributed by atoms with Gasteiger partial charge < -0.3 is 56.9 Å². The van der Waals surface area contributed by atoms with Crippen LogP contribution in [0.5, 0.6) is 0 Å². The number of nitrogens with zero attached hydrogens (tertiary/aromatic N) is 8. The Morgan fingerprint density at radius 1 is 0.287 bits per heavy atom. The van der Waals surface area contributed by atoms with E-state index in [1.165, 1.54) is 105 Å². The van der Waals surface area contributed by atoms with Gasteiger partial charge in [0.15, 0.2) is 22.3 Å². The molecule has 0 aliphatic carbocycles. The molecule has 506 valence electrons. The number of fused-ring (bicyclic) bond motifs is 14. The molecule has 4 unspecified atom stereocenters. The predicted octanol–water partition coefficient (Wildman–Crippen LogP) is 23.7. The number of aryl methyl sites for hydroxylation is 4. The van der Waals surface area contributed by atoms with Gasteiger partial charge >= 0.3 is 0 Å². The van der Waals surface area contributed by atoms with Gasteiger partial charge in [0.05, 0.1) is 45.5 Å². The molecule has 15 aromatic rings. The van der Waals surface area contributed by atoms with Crippen molar-refractivity contribution in [3.63, 3.8) is 0 Å². The monoisotopic (exact) mass is 1330 g/mol. The average Bonchev–Trinajstić information content (AvgIpc) is 1.60. The van der Waals surface area contributed by atoms with Crippen molar-refractivity contribution in [3.05, 3.63) is 272 Å². The Labute approximate surface area is 590 Å². The molecule has 12 heteroatoms. The highest BCUT2D eigenvalue weighted by molar-refractivity contribution is 6.14. The molecule has 0 fully saturated rings. The molecular weight excluding hydrogens is 1250 g/mol. The first-order chi connectivity index (χ1) is 49.1. The highest BCUT2D eigenvalue weighted by Crippen LogP contribution is 2.51. The van der Waals surface area contributed by atoms with E-state index in [0.717, 1.165) is 56.0 Å². The fraction of sp³-hybridized carbons (Fsp3) is 0.213. The van der Waals surface area contributed by atoms with E-state index in [1.807, 2.05) is 48.5 Å². The molecule has 0 saturated carbocycles. The van der Waals surface area contributed by atoms with E-state index >= 15 is 0 Å². The minimum atomic E-state index is 0.176. The highest BCUT2D eigenvalue weighted by atomic mass is 16.3. The van der Waals surface area contributed by atoms with Crippen LogP contribution in [-0.4, -0.2) is 48.7 Å². The lowest BCUT2D eigenvalue weighted by atomic mass is 10.1. The van der Waals surface area contributed by atoms with Gasteiger partial charge in [-0.05, 0) is 166 Å². The maximum Gasteiger partial charge on any atom is 0.159 e. The van der Waals surface area contributed by atoms with Crippen molar-refractivity contribution in [2.45, 2.75) is 120 Å². The summed E-state index contributed by atoms with van der Waals surface area (Å²) in [6.07, 6.45) is 9.54. The van der Waals surface area contributed by atoms with Crippen LogP contribution in [0.3, 0.4) is 0 Å². The predicted molar refractivity (Wildman–Crippen MR) is 424 cm³/mol. The molecule has 12 nitrogen and oxygen atoms in total. The van der Waals surface area contributed by atoms with Crippen LogP contribution in [-0.2, 0) is 0 Å². The Morgan fingerprint density at radius 3 is 1.05 bits per heavy atom. The molecule has 0 N–H and O–H groups in total. The van der Waals surface area contributed by atoms with Crippen molar-refractivity contribution in [3.8, 4) is 0 Å². The van der Waals surface area contributed by atoms with Gasteiger partial charge in [-0.1, -0.05) is 164 Å². The van der Waals surface area contributed by atoms with E-state index in [4.69, 9.17) is 17.7 Å². The summed E-state index contributed by atoms with van der Waals surface area (Å²) in [4.78, 5) is 18.9. The Balaban J connectivity index is 0.000000105. The number of hydrogen-bond donors (Lipinski definition) is 0. The summed E-state index contributed by atoms with van der Waals surface area (Å²) in [5.41, 5.74) is 23.4. The van der Waals surface area contributed by atoms with Gasteiger partial charge in [-0.15, -0.1) is 0 Å². The minimum Gasteiger partial charge on any atom is -0.454 e. The number of anilines is 9. The van der Waals surface area contributed by atoms with Gasteiger partial charge in [0.1, 0.15) is 47.0 Å². The number of benzene rings is 11. The van der Waals surface area contributed by atoms with E-state index in [2.05, 4.69) is 330 Å². The number of furan rings is 4. The van der Waals surface area contributed by atoms with Gasteiger partial charge in [0.2, 0.25) is 0 Å². The second-order valence-corrected chi connectivity index (χ2v) is 27.9. The summed E-state index contributed by atoms with van der Waals surface area (Å²) in [6.45, 7) is 26.6. The van der Waals surface area contributed by atoms with Crippen LogP contribution in [0.4, 0.5) is 51.2 Å². The zero-order valence-corrected chi connectivity index (χ0v) is 59.8. The zero-order valence-electron chi connectivity index (χ0n) is 59.8. The van der Waals surface area contributed by atoms with Gasteiger partial charge in [0.25, 0.3) is 0 Å². The molecule has 0 saturated heterocycles. The van der Waals surface area contributed by atoms with E-state index in [9.17, 15) is 0 Å². The van der Waals surface area contributed by atoms with Gasteiger partial charge in [-0.25, -0.2) is 0 Å². The van der Waals surface area contributed by atoms with Crippen LogP contribution in [0.2, 0.25) is 0 Å². The van der Waals surface area contributed by atoms with Crippen molar-refractivity contribution in [2.24, 2.45) is 0 Å². The fourth-order valence-electron chi connectivity index (χ4n) is 16.1. The Kier molecular flexibility index (Phi) is 16.3. The molecule has 4 aliphatic rings. The molecular formula is C89H86N8O4. The summed E-state index contributed by atoms with van der Waals surface area (Å²) in [5, 5.41) is 9.40. The van der Waals surface area contributed by atoms with Crippen LogP contribution >= 0.6 is 0 Å². The maximum absolute atomic E-state index is 6.38. The van der Waals surface area contributed by atoms with Crippen molar-refractivity contribution in [1.82, 2.24) is 4.90 Å².